The summed E-state index contributed by atoms with van der Waals surface area (Å²) >= 11 is 1.36. The Labute approximate surface area is 179 Å². The number of aromatic nitrogens is 2. The molecule has 1 aliphatic heterocycles. The highest BCUT2D eigenvalue weighted by atomic mass is 32.2. The number of imidazole rings is 1. The Hall–Kier alpha value is -3.26. The molecule has 4 rings (SSSR count). The fraction of sp³-hybridized carbons (Fsp3) is 0.227. The Morgan fingerprint density at radius 1 is 1.27 bits per heavy atom. The molecule has 0 radical (unpaired) electrons. The van der Waals surface area contributed by atoms with E-state index in [-0.39, 0.29) is 30.0 Å². The van der Waals surface area contributed by atoms with Crippen molar-refractivity contribution >= 4 is 35.0 Å². The molecular formula is C22H22N4O3S. The number of amides is 2. The molecule has 30 heavy (non-hydrogen) atoms. The zero-order chi connectivity index (χ0) is 21.1. The molecule has 8 heteroatoms. The number of methoxy groups -OCH3 is 1. The van der Waals surface area contributed by atoms with Crippen LogP contribution >= 0.6 is 11.8 Å². The number of hydrogen-bond acceptors (Lipinski definition) is 5. The van der Waals surface area contributed by atoms with Crippen LogP contribution in [0.4, 0.5) is 11.4 Å². The predicted molar refractivity (Wildman–Crippen MR) is 117 cm³/mol. The van der Waals surface area contributed by atoms with Crippen LogP contribution in [0.3, 0.4) is 0 Å². The van der Waals surface area contributed by atoms with E-state index in [2.05, 4.69) is 10.3 Å². The second kappa shape index (κ2) is 8.62. The number of thioether (sulfide) groups is 1. The van der Waals surface area contributed by atoms with Crippen LogP contribution in [0.5, 0.6) is 5.75 Å². The first kappa shape index (κ1) is 20.0. The second-order valence-electron chi connectivity index (χ2n) is 6.95. The number of nitrogens with one attached hydrogen (secondary N) is 1. The summed E-state index contributed by atoms with van der Waals surface area (Å²) in [6, 6.07) is 14.8. The summed E-state index contributed by atoms with van der Waals surface area (Å²) in [5.41, 5.74) is 2.28. The molecule has 0 spiro atoms. The molecule has 2 aromatic carbocycles. The van der Waals surface area contributed by atoms with Gasteiger partial charge in [-0.25, -0.2) is 4.98 Å². The van der Waals surface area contributed by atoms with Gasteiger partial charge in [0.1, 0.15) is 5.75 Å². The van der Waals surface area contributed by atoms with Crippen LogP contribution in [0.1, 0.15) is 13.3 Å². The van der Waals surface area contributed by atoms with Crippen molar-refractivity contribution in [2.24, 2.45) is 0 Å². The van der Waals surface area contributed by atoms with Gasteiger partial charge in [-0.15, -0.1) is 0 Å². The largest absolute Gasteiger partial charge is 0.497 e. The lowest BCUT2D eigenvalue weighted by atomic mass is 10.2. The molecule has 154 valence electrons. The van der Waals surface area contributed by atoms with Crippen molar-refractivity contribution < 1.29 is 14.3 Å². The van der Waals surface area contributed by atoms with Crippen molar-refractivity contribution in [3.63, 3.8) is 0 Å². The first-order chi connectivity index (χ1) is 14.6. The van der Waals surface area contributed by atoms with Crippen molar-refractivity contribution in [1.82, 2.24) is 9.55 Å². The fourth-order valence-electron chi connectivity index (χ4n) is 3.52. The Bertz CT molecular complexity index is 1080. The molecule has 1 aliphatic rings. The van der Waals surface area contributed by atoms with Gasteiger partial charge >= 0.3 is 0 Å². The van der Waals surface area contributed by atoms with Gasteiger partial charge in [-0.1, -0.05) is 30.0 Å². The lowest BCUT2D eigenvalue weighted by Gasteiger charge is -2.27. The van der Waals surface area contributed by atoms with Crippen LogP contribution in [0.15, 0.2) is 66.1 Å². The maximum absolute atomic E-state index is 13.2. The van der Waals surface area contributed by atoms with Gasteiger partial charge in [0.25, 0.3) is 0 Å². The summed E-state index contributed by atoms with van der Waals surface area (Å²) in [7, 11) is 1.63. The number of fused-ring (bicyclic) bond motifs is 1. The van der Waals surface area contributed by atoms with Gasteiger partial charge in [0.2, 0.25) is 11.8 Å². The normalized spacial score (nSPS) is 15.9. The summed E-state index contributed by atoms with van der Waals surface area (Å²) in [5.74, 6) is 0.789. The van der Waals surface area contributed by atoms with Crippen molar-refractivity contribution in [1.29, 1.82) is 0 Å². The molecule has 1 atom stereocenters. The zero-order valence-corrected chi connectivity index (χ0v) is 17.6. The third kappa shape index (κ3) is 4.04. The van der Waals surface area contributed by atoms with E-state index in [1.165, 1.54) is 11.8 Å². The first-order valence-electron chi connectivity index (χ1n) is 9.58. The van der Waals surface area contributed by atoms with Gasteiger partial charge in [-0.2, -0.15) is 0 Å². The quantitative estimate of drug-likeness (QED) is 0.634. The van der Waals surface area contributed by atoms with Crippen molar-refractivity contribution in [3.8, 4) is 11.4 Å². The second-order valence-corrected chi connectivity index (χ2v) is 7.89. The zero-order valence-electron chi connectivity index (χ0n) is 16.7. The summed E-state index contributed by atoms with van der Waals surface area (Å²) < 4.78 is 7.22. The minimum Gasteiger partial charge on any atom is -0.497 e. The van der Waals surface area contributed by atoms with Crippen LogP contribution in [0.25, 0.3) is 5.69 Å². The molecule has 7 nitrogen and oxygen atoms in total. The van der Waals surface area contributed by atoms with Gasteiger partial charge in [0, 0.05) is 30.9 Å². The maximum atomic E-state index is 13.2. The number of carbonyl (C=O) groups is 2. The van der Waals surface area contributed by atoms with Gasteiger partial charge in [-0.3, -0.25) is 14.2 Å². The highest BCUT2D eigenvalue weighted by Crippen LogP contribution is 2.32. The topological polar surface area (TPSA) is 76.5 Å². The number of nitrogens with zero attached hydrogens (tertiary/aromatic N) is 3. The first-order valence-corrected chi connectivity index (χ1v) is 10.6. The number of rotatable bonds is 5. The Morgan fingerprint density at radius 3 is 2.93 bits per heavy atom. The van der Waals surface area contributed by atoms with E-state index < -0.39 is 0 Å². The van der Waals surface area contributed by atoms with E-state index in [9.17, 15) is 9.59 Å². The van der Waals surface area contributed by atoms with Crippen LogP contribution in [-0.4, -0.2) is 40.3 Å². The molecule has 0 aliphatic carbocycles. The van der Waals surface area contributed by atoms with Crippen molar-refractivity contribution in [2.75, 3.05) is 23.1 Å². The van der Waals surface area contributed by atoms with E-state index in [0.717, 1.165) is 17.1 Å². The number of para-hydroxylation sites is 2. The number of hydrogen-bond donors (Lipinski definition) is 1. The van der Waals surface area contributed by atoms with Gasteiger partial charge in [-0.05, 0) is 31.2 Å². The summed E-state index contributed by atoms with van der Waals surface area (Å²) in [4.78, 5) is 31.4. The molecule has 1 N–H and O–H groups in total. The highest BCUT2D eigenvalue weighted by molar-refractivity contribution is 7.99. The molecule has 0 unspecified atom stereocenters. The Balaban J connectivity index is 1.55. The van der Waals surface area contributed by atoms with Crippen LogP contribution in [0, 0.1) is 0 Å². The van der Waals surface area contributed by atoms with E-state index >= 15 is 0 Å². The SMILES string of the molecule is COc1cccc(-n2ccnc2SCC(=O)N2c3ccccc3NC(=O)C[C@H]2C)c1. The molecule has 2 heterocycles. The van der Waals surface area contributed by atoms with E-state index in [1.807, 2.05) is 66.2 Å². The highest BCUT2D eigenvalue weighted by Gasteiger charge is 2.29. The van der Waals surface area contributed by atoms with E-state index in [0.29, 0.717) is 10.8 Å². The molecule has 2 amide bonds. The van der Waals surface area contributed by atoms with Crippen molar-refractivity contribution in [3.05, 3.63) is 60.9 Å². The third-order valence-electron chi connectivity index (χ3n) is 4.89. The molecular weight excluding hydrogens is 400 g/mol. The average molecular weight is 423 g/mol. The molecule has 1 aromatic heterocycles. The van der Waals surface area contributed by atoms with E-state index in [1.54, 1.807) is 18.2 Å². The standard InChI is InChI=1S/C22H22N4O3S/c1-15-12-20(27)24-18-8-3-4-9-19(18)26(15)21(28)14-30-22-23-10-11-25(22)16-6-5-7-17(13-16)29-2/h3-11,13,15H,12,14H2,1-2H3,(H,24,27)/t15-/m1/s1. The minimum absolute atomic E-state index is 0.0726. The lowest BCUT2D eigenvalue weighted by Crippen LogP contribution is -2.40. The average Bonchev–Trinajstić information content (AvgIpc) is 3.17. The molecule has 0 bridgehead atoms. The maximum Gasteiger partial charge on any atom is 0.237 e. The van der Waals surface area contributed by atoms with E-state index in [4.69, 9.17) is 4.74 Å². The van der Waals surface area contributed by atoms with Crippen molar-refractivity contribution in [2.45, 2.75) is 24.5 Å². The number of carbonyl (C=O) groups excluding carboxylic acids is 2. The summed E-state index contributed by atoms with van der Waals surface area (Å²) in [6.45, 7) is 1.89. The molecule has 3 aromatic rings. The number of ether oxygens (including phenoxy) is 1. The summed E-state index contributed by atoms with van der Waals surface area (Å²) in [5, 5.41) is 3.59. The fourth-order valence-corrected chi connectivity index (χ4v) is 4.35. The number of benzene rings is 2. The van der Waals surface area contributed by atoms with Gasteiger partial charge in [0.05, 0.1) is 29.9 Å². The number of anilines is 2. The summed E-state index contributed by atoms with van der Waals surface area (Å²) in [6.07, 6.45) is 3.82. The predicted octanol–water partition coefficient (Wildman–Crippen LogP) is 3.74. The Kier molecular flexibility index (Phi) is 5.76. The minimum atomic E-state index is -0.236. The van der Waals surface area contributed by atoms with Crippen LogP contribution < -0.4 is 15.0 Å². The molecule has 0 saturated carbocycles. The molecule has 0 fully saturated rings. The molecule has 0 saturated heterocycles. The van der Waals surface area contributed by atoms with Gasteiger partial charge < -0.3 is 15.0 Å². The monoisotopic (exact) mass is 422 g/mol. The smallest absolute Gasteiger partial charge is 0.237 e. The lowest BCUT2D eigenvalue weighted by molar-refractivity contribution is -0.117. The van der Waals surface area contributed by atoms with Crippen LogP contribution in [-0.2, 0) is 9.59 Å². The third-order valence-corrected chi connectivity index (χ3v) is 5.84. The van der Waals surface area contributed by atoms with Crippen LogP contribution in [0.2, 0.25) is 0 Å². The van der Waals surface area contributed by atoms with Gasteiger partial charge in [0.15, 0.2) is 5.16 Å². The Morgan fingerprint density at radius 2 is 2.10 bits per heavy atom.